The number of alkyl halides is 1. The van der Waals surface area contributed by atoms with Crippen LogP contribution in [0.3, 0.4) is 0 Å². The van der Waals surface area contributed by atoms with Crippen LogP contribution < -0.4 is 4.74 Å². The summed E-state index contributed by atoms with van der Waals surface area (Å²) in [5.41, 5.74) is 2.19. The number of rotatable bonds is 4. The van der Waals surface area contributed by atoms with Crippen molar-refractivity contribution < 1.29 is 4.74 Å². The average molecular weight is 275 g/mol. The van der Waals surface area contributed by atoms with Gasteiger partial charge < -0.3 is 4.74 Å². The predicted octanol–water partition coefficient (Wildman–Crippen LogP) is 2.84. The molecule has 0 saturated heterocycles. The summed E-state index contributed by atoms with van der Waals surface area (Å²) in [7, 11) is 1.94. The van der Waals surface area contributed by atoms with Crippen molar-refractivity contribution in [3.63, 3.8) is 0 Å². The molecular formula is C11H19BrN2O. The minimum atomic E-state index is 0.148. The van der Waals surface area contributed by atoms with E-state index < -0.39 is 0 Å². The number of hydrogen-bond donors (Lipinski definition) is 0. The molecule has 0 radical (unpaired) electrons. The van der Waals surface area contributed by atoms with Gasteiger partial charge in [-0.05, 0) is 13.8 Å². The lowest BCUT2D eigenvalue weighted by Gasteiger charge is -2.21. The van der Waals surface area contributed by atoms with Gasteiger partial charge in [0.25, 0.3) is 0 Å². The Labute approximate surface area is 99.9 Å². The zero-order chi connectivity index (χ0) is 11.6. The van der Waals surface area contributed by atoms with Crippen LogP contribution in [-0.2, 0) is 7.05 Å². The molecule has 1 rings (SSSR count). The van der Waals surface area contributed by atoms with E-state index in [2.05, 4.69) is 34.9 Å². The molecule has 0 saturated carbocycles. The van der Waals surface area contributed by atoms with Crippen molar-refractivity contribution in [2.24, 2.45) is 12.5 Å². The van der Waals surface area contributed by atoms with Crippen molar-refractivity contribution in [1.82, 2.24) is 9.78 Å². The molecule has 0 bridgehead atoms. The second-order valence-electron chi connectivity index (χ2n) is 4.71. The lowest BCUT2D eigenvalue weighted by molar-refractivity contribution is 0.201. The minimum Gasteiger partial charge on any atom is -0.489 e. The minimum absolute atomic E-state index is 0.148. The molecule has 1 aromatic heterocycles. The Morgan fingerprint density at radius 1 is 1.40 bits per heavy atom. The molecule has 15 heavy (non-hydrogen) atoms. The Bertz CT molecular complexity index is 345. The molecule has 86 valence electrons. The molecule has 0 aliphatic rings. The van der Waals surface area contributed by atoms with Gasteiger partial charge in [-0.25, -0.2) is 0 Å². The van der Waals surface area contributed by atoms with E-state index in [0.29, 0.717) is 6.61 Å². The van der Waals surface area contributed by atoms with E-state index in [1.807, 2.05) is 25.6 Å². The van der Waals surface area contributed by atoms with Crippen LogP contribution in [0.1, 0.15) is 25.2 Å². The van der Waals surface area contributed by atoms with E-state index >= 15 is 0 Å². The molecule has 1 aromatic rings. The Kier molecular flexibility index (Phi) is 3.82. The van der Waals surface area contributed by atoms with Crippen LogP contribution >= 0.6 is 15.9 Å². The van der Waals surface area contributed by atoms with Crippen LogP contribution in [0.4, 0.5) is 0 Å². The highest BCUT2D eigenvalue weighted by molar-refractivity contribution is 9.09. The van der Waals surface area contributed by atoms with Crippen molar-refractivity contribution in [3.8, 4) is 5.75 Å². The first kappa shape index (κ1) is 12.6. The van der Waals surface area contributed by atoms with Crippen LogP contribution in [-0.4, -0.2) is 21.7 Å². The summed E-state index contributed by atoms with van der Waals surface area (Å²) in [6, 6.07) is 0. The van der Waals surface area contributed by atoms with Gasteiger partial charge in [0.15, 0.2) is 5.75 Å². The second kappa shape index (κ2) is 4.56. The SMILES string of the molecule is Cc1nn(C)c(C)c1OCC(C)(C)CBr. The summed E-state index contributed by atoms with van der Waals surface area (Å²) in [5.74, 6) is 0.923. The lowest BCUT2D eigenvalue weighted by Crippen LogP contribution is -2.23. The van der Waals surface area contributed by atoms with Crippen molar-refractivity contribution in [1.29, 1.82) is 0 Å². The molecule has 3 nitrogen and oxygen atoms in total. The maximum absolute atomic E-state index is 5.83. The fraction of sp³-hybridized carbons (Fsp3) is 0.727. The number of aryl methyl sites for hydroxylation is 2. The van der Waals surface area contributed by atoms with Crippen LogP contribution in [0, 0.1) is 19.3 Å². The molecule has 0 unspecified atom stereocenters. The molecule has 0 amide bonds. The highest BCUT2D eigenvalue weighted by atomic mass is 79.9. The fourth-order valence-corrected chi connectivity index (χ4v) is 1.43. The number of nitrogens with zero attached hydrogens (tertiary/aromatic N) is 2. The summed E-state index contributed by atoms with van der Waals surface area (Å²) in [5, 5.41) is 5.25. The number of ether oxygens (including phenoxy) is 1. The standard InChI is InChI=1S/C11H19BrN2O/c1-8-10(9(2)14(5)13-8)15-7-11(3,4)6-12/h6-7H2,1-5H3. The lowest BCUT2D eigenvalue weighted by atomic mass is 9.98. The van der Waals surface area contributed by atoms with Crippen LogP contribution in [0.2, 0.25) is 0 Å². The van der Waals surface area contributed by atoms with Crippen LogP contribution in [0.15, 0.2) is 0 Å². The van der Waals surface area contributed by atoms with Crippen LogP contribution in [0.5, 0.6) is 5.75 Å². The molecule has 1 heterocycles. The van der Waals surface area contributed by atoms with Gasteiger partial charge in [-0.3, -0.25) is 4.68 Å². The van der Waals surface area contributed by atoms with E-state index in [1.165, 1.54) is 0 Å². The maximum Gasteiger partial charge on any atom is 0.162 e. The zero-order valence-electron chi connectivity index (χ0n) is 10.1. The highest BCUT2D eigenvalue weighted by Gasteiger charge is 2.19. The van der Waals surface area contributed by atoms with E-state index in [0.717, 1.165) is 22.5 Å². The third kappa shape index (κ3) is 2.97. The quantitative estimate of drug-likeness (QED) is 0.790. The summed E-state index contributed by atoms with van der Waals surface area (Å²) in [4.78, 5) is 0. The Hall–Kier alpha value is -0.510. The van der Waals surface area contributed by atoms with Gasteiger partial charge in [-0.15, -0.1) is 0 Å². The monoisotopic (exact) mass is 274 g/mol. The first-order chi connectivity index (χ1) is 6.87. The van der Waals surface area contributed by atoms with E-state index in [4.69, 9.17) is 4.74 Å². The third-order valence-corrected chi connectivity index (χ3v) is 3.93. The topological polar surface area (TPSA) is 27.1 Å². The fourth-order valence-electron chi connectivity index (χ4n) is 1.27. The molecule has 0 atom stereocenters. The van der Waals surface area contributed by atoms with Gasteiger partial charge >= 0.3 is 0 Å². The molecule has 4 heteroatoms. The first-order valence-corrected chi connectivity index (χ1v) is 6.18. The normalized spacial score (nSPS) is 11.9. The summed E-state index contributed by atoms with van der Waals surface area (Å²) >= 11 is 3.49. The largest absolute Gasteiger partial charge is 0.489 e. The molecule has 0 spiro atoms. The van der Waals surface area contributed by atoms with Gasteiger partial charge in [0.2, 0.25) is 0 Å². The van der Waals surface area contributed by atoms with Crippen molar-refractivity contribution >= 4 is 15.9 Å². The number of hydrogen-bond acceptors (Lipinski definition) is 2. The van der Waals surface area contributed by atoms with Crippen molar-refractivity contribution in [2.75, 3.05) is 11.9 Å². The Morgan fingerprint density at radius 3 is 2.40 bits per heavy atom. The Balaban J connectivity index is 2.73. The second-order valence-corrected chi connectivity index (χ2v) is 5.27. The zero-order valence-corrected chi connectivity index (χ0v) is 11.7. The molecule has 0 N–H and O–H groups in total. The molecule has 0 aliphatic carbocycles. The van der Waals surface area contributed by atoms with Gasteiger partial charge in [0, 0.05) is 17.8 Å². The molecular weight excluding hydrogens is 256 g/mol. The van der Waals surface area contributed by atoms with Crippen LogP contribution in [0.25, 0.3) is 0 Å². The molecule has 0 fully saturated rings. The van der Waals surface area contributed by atoms with Gasteiger partial charge in [0.1, 0.15) is 5.69 Å². The van der Waals surface area contributed by atoms with Crippen molar-refractivity contribution in [2.45, 2.75) is 27.7 Å². The smallest absolute Gasteiger partial charge is 0.162 e. The van der Waals surface area contributed by atoms with Crippen molar-refractivity contribution in [3.05, 3.63) is 11.4 Å². The number of aromatic nitrogens is 2. The van der Waals surface area contributed by atoms with Gasteiger partial charge in [-0.2, -0.15) is 5.10 Å². The maximum atomic E-state index is 5.83. The van der Waals surface area contributed by atoms with Gasteiger partial charge in [0.05, 0.1) is 12.3 Å². The number of halogens is 1. The average Bonchev–Trinajstić information content (AvgIpc) is 2.39. The van der Waals surface area contributed by atoms with E-state index in [9.17, 15) is 0 Å². The molecule has 0 aliphatic heterocycles. The molecule has 0 aromatic carbocycles. The summed E-state index contributed by atoms with van der Waals surface area (Å²) in [6.45, 7) is 9.04. The van der Waals surface area contributed by atoms with E-state index in [1.54, 1.807) is 0 Å². The summed E-state index contributed by atoms with van der Waals surface area (Å²) in [6.07, 6.45) is 0. The predicted molar refractivity (Wildman–Crippen MR) is 65.8 cm³/mol. The third-order valence-electron chi connectivity index (χ3n) is 2.41. The Morgan fingerprint density at radius 2 is 2.00 bits per heavy atom. The summed E-state index contributed by atoms with van der Waals surface area (Å²) < 4.78 is 7.68. The first-order valence-electron chi connectivity index (χ1n) is 5.06. The van der Waals surface area contributed by atoms with E-state index in [-0.39, 0.29) is 5.41 Å². The van der Waals surface area contributed by atoms with Gasteiger partial charge in [-0.1, -0.05) is 29.8 Å². The highest BCUT2D eigenvalue weighted by Crippen LogP contribution is 2.25.